The van der Waals surface area contributed by atoms with Crippen molar-refractivity contribution in [1.29, 1.82) is 0 Å². The fraction of sp³-hybridized carbons (Fsp3) is 0.517. The Balaban J connectivity index is 1.49. The lowest BCUT2D eigenvalue weighted by Crippen LogP contribution is -2.13. The van der Waals surface area contributed by atoms with Crippen molar-refractivity contribution in [3.05, 3.63) is 66.0 Å². The van der Waals surface area contributed by atoms with E-state index in [0.717, 1.165) is 17.6 Å². The van der Waals surface area contributed by atoms with Crippen molar-refractivity contribution < 1.29 is 22.3 Å². The lowest BCUT2D eigenvalue weighted by molar-refractivity contribution is -0.0801. The van der Waals surface area contributed by atoms with E-state index in [2.05, 4.69) is 19.1 Å². The first-order chi connectivity index (χ1) is 16.4. The summed E-state index contributed by atoms with van der Waals surface area (Å²) in [4.78, 5) is 0. The van der Waals surface area contributed by atoms with Crippen LogP contribution >= 0.6 is 0 Å². The molecule has 0 spiro atoms. The predicted octanol–water partition coefficient (Wildman–Crippen LogP) is 9.62. The van der Waals surface area contributed by atoms with E-state index in [1.807, 2.05) is 12.1 Å². The van der Waals surface area contributed by atoms with E-state index in [1.165, 1.54) is 81.9 Å². The Bertz CT molecular complexity index is 893. The molecule has 0 atom stereocenters. The molecule has 3 rings (SSSR count). The molecule has 0 aromatic heterocycles. The second-order valence-corrected chi connectivity index (χ2v) is 9.44. The van der Waals surface area contributed by atoms with E-state index < -0.39 is 12.0 Å². The van der Waals surface area contributed by atoms with Crippen molar-refractivity contribution in [2.45, 2.75) is 83.2 Å². The minimum absolute atomic E-state index is 0.0608. The predicted molar refractivity (Wildman–Crippen MR) is 131 cm³/mol. The summed E-state index contributed by atoms with van der Waals surface area (Å²) in [7, 11) is 0. The molecule has 0 saturated heterocycles. The first kappa shape index (κ1) is 26.3. The Morgan fingerprint density at radius 1 is 0.882 bits per heavy atom. The molecule has 0 heterocycles. The third-order valence-electron chi connectivity index (χ3n) is 6.85. The van der Waals surface area contributed by atoms with Crippen LogP contribution in [0, 0.1) is 11.7 Å². The van der Waals surface area contributed by atoms with Crippen molar-refractivity contribution in [3.8, 4) is 16.9 Å². The van der Waals surface area contributed by atoms with Crippen LogP contribution < -0.4 is 4.74 Å². The number of alkyl halides is 3. The fourth-order valence-corrected chi connectivity index (χ4v) is 4.89. The van der Waals surface area contributed by atoms with Gasteiger partial charge in [0.2, 0.25) is 0 Å². The van der Waals surface area contributed by atoms with Crippen molar-refractivity contribution in [2.24, 2.45) is 5.92 Å². The van der Waals surface area contributed by atoms with Gasteiger partial charge in [-0.25, -0.2) is 4.39 Å². The van der Waals surface area contributed by atoms with Crippen LogP contribution in [0.5, 0.6) is 5.75 Å². The summed E-state index contributed by atoms with van der Waals surface area (Å²) in [6, 6.07) is 12.9. The first-order valence-corrected chi connectivity index (χ1v) is 12.6. The summed E-state index contributed by atoms with van der Waals surface area (Å²) in [5.74, 6) is 0.830. The molecule has 0 aliphatic heterocycles. The lowest BCUT2D eigenvalue weighted by Gasteiger charge is -2.29. The van der Waals surface area contributed by atoms with Crippen LogP contribution in [0.1, 0.15) is 82.6 Å². The fourth-order valence-electron chi connectivity index (χ4n) is 4.89. The van der Waals surface area contributed by atoms with Gasteiger partial charge in [0, 0.05) is 6.08 Å². The Morgan fingerprint density at radius 2 is 1.56 bits per heavy atom. The highest BCUT2D eigenvalue weighted by Gasteiger charge is 2.22. The molecule has 0 amide bonds. The molecule has 0 unspecified atom stereocenters. The molecule has 1 nitrogen and oxygen atoms in total. The largest absolute Gasteiger partial charge is 0.486 e. The first-order valence-electron chi connectivity index (χ1n) is 12.6. The maximum atomic E-state index is 14.4. The minimum Gasteiger partial charge on any atom is -0.486 e. The molecule has 186 valence electrons. The molecule has 0 N–H and O–H groups in total. The van der Waals surface area contributed by atoms with E-state index in [-0.39, 0.29) is 18.4 Å². The minimum atomic E-state index is -4.40. The molecule has 1 fully saturated rings. The zero-order valence-corrected chi connectivity index (χ0v) is 20.0. The lowest BCUT2D eigenvalue weighted by atomic mass is 9.77. The van der Waals surface area contributed by atoms with E-state index in [9.17, 15) is 17.6 Å². The van der Waals surface area contributed by atoms with Crippen molar-refractivity contribution >= 4 is 0 Å². The second-order valence-electron chi connectivity index (χ2n) is 9.44. The molecular formula is C29H36F4O. The molecule has 5 heteroatoms. The highest BCUT2D eigenvalue weighted by molar-refractivity contribution is 5.64. The normalized spacial score (nSPS) is 19.0. The number of hydrogen-bond acceptors (Lipinski definition) is 1. The Labute approximate surface area is 201 Å². The number of halogens is 4. The van der Waals surface area contributed by atoms with Crippen LogP contribution in [0.15, 0.2) is 54.6 Å². The zero-order valence-electron chi connectivity index (χ0n) is 20.0. The molecule has 1 aliphatic carbocycles. The number of hydrogen-bond donors (Lipinski definition) is 0. The van der Waals surface area contributed by atoms with Gasteiger partial charge in [-0.1, -0.05) is 75.8 Å². The standard InChI is InChI=1S/C29H36F4O/c1-2-3-4-5-6-8-22-9-11-23(12-10-22)24-13-15-25(16-14-24)26-17-18-28(27(30)21-26)34-20-7-19-29(31,32)33/h7,13-19,21-23H,2-6,8-12,20H2,1H3/t22-,23-. The Hall–Kier alpha value is -2.30. The molecular weight excluding hydrogens is 440 g/mol. The Morgan fingerprint density at radius 3 is 2.21 bits per heavy atom. The second kappa shape index (κ2) is 13.0. The summed E-state index contributed by atoms with van der Waals surface area (Å²) in [5.41, 5.74) is 2.97. The number of rotatable bonds is 11. The molecule has 1 saturated carbocycles. The van der Waals surface area contributed by atoms with Crippen LogP contribution in [0.2, 0.25) is 0 Å². The van der Waals surface area contributed by atoms with Crippen LogP contribution in [-0.2, 0) is 0 Å². The number of allylic oxidation sites excluding steroid dienone is 1. The van der Waals surface area contributed by atoms with E-state index >= 15 is 0 Å². The maximum Gasteiger partial charge on any atom is 0.409 e. The number of ether oxygens (including phenoxy) is 1. The van der Waals surface area contributed by atoms with Crippen molar-refractivity contribution in [2.75, 3.05) is 6.61 Å². The summed E-state index contributed by atoms with van der Waals surface area (Å²) in [6.45, 7) is 1.91. The molecule has 2 aromatic carbocycles. The van der Waals surface area contributed by atoms with Crippen molar-refractivity contribution in [3.63, 3.8) is 0 Å². The molecule has 0 bridgehead atoms. The van der Waals surface area contributed by atoms with Gasteiger partial charge in [-0.15, -0.1) is 0 Å². The van der Waals surface area contributed by atoms with Gasteiger partial charge >= 0.3 is 6.18 Å². The molecule has 34 heavy (non-hydrogen) atoms. The smallest absolute Gasteiger partial charge is 0.409 e. The van der Waals surface area contributed by atoms with Gasteiger partial charge in [-0.05, 0) is 72.4 Å². The summed E-state index contributed by atoms with van der Waals surface area (Å²) in [5, 5.41) is 0. The molecule has 2 aromatic rings. The van der Waals surface area contributed by atoms with E-state index in [0.29, 0.717) is 11.5 Å². The third-order valence-corrected chi connectivity index (χ3v) is 6.85. The van der Waals surface area contributed by atoms with Crippen molar-refractivity contribution in [1.82, 2.24) is 0 Å². The summed E-state index contributed by atoms with van der Waals surface area (Å²) >= 11 is 0. The quantitative estimate of drug-likeness (QED) is 0.178. The SMILES string of the molecule is CCCCCCC[C@H]1CC[C@H](c2ccc(-c3ccc(OCC=CC(F)(F)F)c(F)c3)cc2)CC1. The van der Waals surface area contributed by atoms with Crippen LogP contribution in [0.25, 0.3) is 11.1 Å². The van der Waals surface area contributed by atoms with Gasteiger partial charge in [0.05, 0.1) is 0 Å². The monoisotopic (exact) mass is 476 g/mol. The average molecular weight is 477 g/mol. The highest BCUT2D eigenvalue weighted by Crippen LogP contribution is 2.38. The van der Waals surface area contributed by atoms with Gasteiger partial charge in [-0.2, -0.15) is 13.2 Å². The van der Waals surface area contributed by atoms with E-state index in [4.69, 9.17) is 4.74 Å². The average Bonchev–Trinajstić information content (AvgIpc) is 2.82. The van der Waals surface area contributed by atoms with Crippen LogP contribution in [0.3, 0.4) is 0 Å². The van der Waals surface area contributed by atoms with Gasteiger partial charge in [0.25, 0.3) is 0 Å². The number of benzene rings is 2. The van der Waals surface area contributed by atoms with Gasteiger partial charge in [0.1, 0.15) is 6.61 Å². The summed E-state index contributed by atoms with van der Waals surface area (Å²) in [6.07, 6.45) is 9.76. The zero-order chi connectivity index (χ0) is 24.4. The topological polar surface area (TPSA) is 9.23 Å². The van der Waals surface area contributed by atoms with Gasteiger partial charge in [0.15, 0.2) is 11.6 Å². The molecule has 0 radical (unpaired) electrons. The van der Waals surface area contributed by atoms with Crippen LogP contribution in [0.4, 0.5) is 17.6 Å². The van der Waals surface area contributed by atoms with Crippen LogP contribution in [-0.4, -0.2) is 12.8 Å². The molecule has 1 aliphatic rings. The van der Waals surface area contributed by atoms with Gasteiger partial charge in [-0.3, -0.25) is 0 Å². The third kappa shape index (κ3) is 8.48. The highest BCUT2D eigenvalue weighted by atomic mass is 19.4. The van der Waals surface area contributed by atoms with E-state index in [1.54, 1.807) is 6.07 Å². The Kier molecular flexibility index (Phi) is 10.0. The van der Waals surface area contributed by atoms with Gasteiger partial charge < -0.3 is 4.74 Å². The maximum absolute atomic E-state index is 14.4. The number of unbranched alkanes of at least 4 members (excludes halogenated alkanes) is 4. The summed E-state index contributed by atoms with van der Waals surface area (Å²) < 4.78 is 55.9.